The number of rotatable bonds is 3. The van der Waals surface area contributed by atoms with E-state index in [4.69, 9.17) is 9.84 Å². The van der Waals surface area contributed by atoms with Crippen LogP contribution in [0.3, 0.4) is 0 Å². The van der Waals surface area contributed by atoms with Gasteiger partial charge >= 0.3 is 5.97 Å². The van der Waals surface area contributed by atoms with E-state index in [1.54, 1.807) is 0 Å². The van der Waals surface area contributed by atoms with Crippen molar-refractivity contribution in [3.8, 4) is 5.75 Å². The summed E-state index contributed by atoms with van der Waals surface area (Å²) in [6.45, 7) is 0. The molecular formula is C9H10O3S. The summed E-state index contributed by atoms with van der Waals surface area (Å²) in [4.78, 5) is 12.2. The molecule has 1 saturated carbocycles. The van der Waals surface area contributed by atoms with Crippen molar-refractivity contribution in [2.75, 3.05) is 7.11 Å². The van der Waals surface area contributed by atoms with E-state index in [-0.39, 0.29) is 0 Å². The molecule has 0 radical (unpaired) electrons. The van der Waals surface area contributed by atoms with E-state index in [2.05, 4.69) is 0 Å². The highest BCUT2D eigenvalue weighted by Gasteiger charge is 2.28. The van der Waals surface area contributed by atoms with Crippen LogP contribution in [-0.4, -0.2) is 18.2 Å². The van der Waals surface area contributed by atoms with Gasteiger partial charge in [-0.3, -0.25) is 0 Å². The molecule has 0 atom stereocenters. The molecule has 0 unspecified atom stereocenters. The van der Waals surface area contributed by atoms with Crippen LogP contribution in [0.1, 0.15) is 33.3 Å². The van der Waals surface area contributed by atoms with Gasteiger partial charge in [0.2, 0.25) is 0 Å². The van der Waals surface area contributed by atoms with Gasteiger partial charge in [0.25, 0.3) is 0 Å². The van der Waals surface area contributed by atoms with Crippen LogP contribution < -0.4 is 4.74 Å². The summed E-state index contributed by atoms with van der Waals surface area (Å²) in [7, 11) is 1.51. The Morgan fingerprint density at radius 3 is 2.77 bits per heavy atom. The number of carboxylic acid groups (broad SMARTS) is 1. The van der Waals surface area contributed by atoms with Crippen LogP contribution in [0.5, 0.6) is 5.75 Å². The van der Waals surface area contributed by atoms with E-state index in [1.165, 1.54) is 31.3 Å². The normalized spacial score (nSPS) is 15.8. The lowest BCUT2D eigenvalue weighted by molar-refractivity contribution is 0.0699. The molecule has 0 spiro atoms. The molecule has 0 saturated heterocycles. The molecule has 1 fully saturated rings. The molecule has 4 heteroatoms. The second-order valence-corrected chi connectivity index (χ2v) is 4.21. The quantitative estimate of drug-likeness (QED) is 0.810. The zero-order valence-electron chi connectivity index (χ0n) is 7.24. The molecule has 0 bridgehead atoms. The van der Waals surface area contributed by atoms with Gasteiger partial charge in [0.1, 0.15) is 5.75 Å². The molecule has 0 amide bonds. The first kappa shape index (κ1) is 8.56. The average molecular weight is 198 g/mol. The molecule has 0 aromatic carbocycles. The molecule has 1 aromatic rings. The summed E-state index contributed by atoms with van der Waals surface area (Å²) >= 11 is 1.34. The minimum atomic E-state index is -0.895. The van der Waals surface area contributed by atoms with Crippen molar-refractivity contribution in [1.29, 1.82) is 0 Å². The van der Waals surface area contributed by atoms with Crippen molar-refractivity contribution >= 4 is 17.3 Å². The summed E-state index contributed by atoms with van der Waals surface area (Å²) in [5, 5.41) is 8.84. The zero-order valence-corrected chi connectivity index (χ0v) is 8.06. The highest BCUT2D eigenvalue weighted by molar-refractivity contribution is 7.14. The predicted octanol–water partition coefficient (Wildman–Crippen LogP) is 2.33. The van der Waals surface area contributed by atoms with E-state index < -0.39 is 5.97 Å². The molecule has 1 heterocycles. The maximum Gasteiger partial charge on any atom is 0.349 e. The lowest BCUT2D eigenvalue weighted by Crippen LogP contribution is -1.94. The zero-order chi connectivity index (χ0) is 9.42. The lowest BCUT2D eigenvalue weighted by Gasteiger charge is -1.94. The summed E-state index contributed by atoms with van der Waals surface area (Å²) in [6, 6.07) is 1.85. The van der Waals surface area contributed by atoms with E-state index in [9.17, 15) is 4.79 Å². The van der Waals surface area contributed by atoms with E-state index in [0.717, 1.165) is 4.88 Å². The van der Waals surface area contributed by atoms with Crippen molar-refractivity contribution in [1.82, 2.24) is 0 Å². The monoisotopic (exact) mass is 198 g/mol. The first-order chi connectivity index (χ1) is 6.22. The van der Waals surface area contributed by atoms with Crippen LogP contribution in [0.2, 0.25) is 0 Å². The fraction of sp³-hybridized carbons (Fsp3) is 0.444. The molecule has 0 aliphatic heterocycles. The van der Waals surface area contributed by atoms with Gasteiger partial charge in [0, 0.05) is 4.88 Å². The second-order valence-electron chi connectivity index (χ2n) is 3.13. The highest BCUT2D eigenvalue weighted by atomic mass is 32.1. The largest absolute Gasteiger partial charge is 0.495 e. The molecule has 1 aromatic heterocycles. The van der Waals surface area contributed by atoms with E-state index in [1.807, 2.05) is 6.07 Å². The summed E-state index contributed by atoms with van der Waals surface area (Å²) in [6.07, 6.45) is 2.37. The van der Waals surface area contributed by atoms with Gasteiger partial charge in [-0.25, -0.2) is 4.79 Å². The molecule has 70 valence electrons. The fourth-order valence-corrected chi connectivity index (χ4v) is 2.40. The maximum atomic E-state index is 10.8. The van der Waals surface area contributed by atoms with Crippen LogP contribution in [0.4, 0.5) is 0 Å². The number of hydrogen-bond donors (Lipinski definition) is 1. The predicted molar refractivity (Wildman–Crippen MR) is 49.8 cm³/mol. The van der Waals surface area contributed by atoms with Crippen molar-refractivity contribution in [3.63, 3.8) is 0 Å². The smallest absolute Gasteiger partial charge is 0.349 e. The third-order valence-corrected chi connectivity index (χ3v) is 3.38. The Labute approximate surface area is 80.0 Å². The maximum absolute atomic E-state index is 10.8. The Hall–Kier alpha value is -1.03. The lowest BCUT2D eigenvalue weighted by atomic mass is 10.3. The third-order valence-electron chi connectivity index (χ3n) is 2.11. The second kappa shape index (κ2) is 3.03. The first-order valence-electron chi connectivity index (χ1n) is 4.13. The third kappa shape index (κ3) is 1.54. The number of thiophene rings is 1. The van der Waals surface area contributed by atoms with Crippen molar-refractivity contribution in [3.05, 3.63) is 15.8 Å². The van der Waals surface area contributed by atoms with Crippen molar-refractivity contribution in [2.45, 2.75) is 18.8 Å². The fourth-order valence-electron chi connectivity index (χ4n) is 1.26. The number of aromatic carboxylic acids is 1. The molecule has 1 N–H and O–H groups in total. The van der Waals surface area contributed by atoms with Gasteiger partial charge in [0.05, 0.1) is 7.11 Å². The summed E-state index contributed by atoms with van der Waals surface area (Å²) < 4.78 is 4.99. The Kier molecular flexibility index (Phi) is 2.00. The Morgan fingerprint density at radius 1 is 1.69 bits per heavy atom. The van der Waals surface area contributed by atoms with Gasteiger partial charge in [-0.2, -0.15) is 0 Å². The van der Waals surface area contributed by atoms with Gasteiger partial charge < -0.3 is 9.84 Å². The van der Waals surface area contributed by atoms with Gasteiger partial charge in [-0.1, -0.05) is 0 Å². The van der Waals surface area contributed by atoms with Gasteiger partial charge in [0.15, 0.2) is 4.88 Å². The van der Waals surface area contributed by atoms with Crippen LogP contribution in [0, 0.1) is 0 Å². The highest BCUT2D eigenvalue weighted by Crippen LogP contribution is 2.46. The number of carbonyl (C=O) groups is 1. The van der Waals surface area contributed by atoms with Crippen LogP contribution in [-0.2, 0) is 0 Å². The molecule has 1 aliphatic rings. The molecule has 1 aliphatic carbocycles. The number of methoxy groups -OCH3 is 1. The Balaban J connectivity index is 2.36. The Bertz CT molecular complexity index is 339. The number of carboxylic acids is 1. The Morgan fingerprint density at radius 2 is 2.38 bits per heavy atom. The van der Waals surface area contributed by atoms with Gasteiger partial charge in [-0.15, -0.1) is 11.3 Å². The minimum Gasteiger partial charge on any atom is -0.495 e. The van der Waals surface area contributed by atoms with E-state index >= 15 is 0 Å². The SMILES string of the molecule is COc1cc(C2CC2)sc1C(=O)O. The van der Waals surface area contributed by atoms with Crippen molar-refractivity contribution in [2.24, 2.45) is 0 Å². The molecule has 2 rings (SSSR count). The van der Waals surface area contributed by atoms with Gasteiger partial charge in [-0.05, 0) is 24.8 Å². The van der Waals surface area contributed by atoms with Crippen LogP contribution in [0.25, 0.3) is 0 Å². The standard InChI is InChI=1S/C9H10O3S/c1-12-6-4-7(5-2-3-5)13-8(6)9(10)11/h4-5H,2-3H2,1H3,(H,10,11). The molecular weight excluding hydrogens is 188 g/mol. The topological polar surface area (TPSA) is 46.5 Å². The summed E-state index contributed by atoms with van der Waals surface area (Å²) in [5.41, 5.74) is 0. The minimum absolute atomic E-state index is 0.324. The number of ether oxygens (including phenoxy) is 1. The van der Waals surface area contributed by atoms with Crippen molar-refractivity contribution < 1.29 is 14.6 Å². The average Bonchev–Trinajstić information content (AvgIpc) is 2.84. The number of hydrogen-bond acceptors (Lipinski definition) is 3. The molecule has 13 heavy (non-hydrogen) atoms. The molecule has 3 nitrogen and oxygen atoms in total. The van der Waals surface area contributed by atoms with E-state index in [0.29, 0.717) is 16.5 Å². The van der Waals surface area contributed by atoms with Crippen LogP contribution >= 0.6 is 11.3 Å². The van der Waals surface area contributed by atoms with Crippen LogP contribution in [0.15, 0.2) is 6.07 Å². The first-order valence-corrected chi connectivity index (χ1v) is 4.95. The summed E-state index contributed by atoms with van der Waals surface area (Å²) in [5.74, 6) is 0.195.